The van der Waals surface area contributed by atoms with Crippen LogP contribution in [0.25, 0.3) is 11.0 Å². The summed E-state index contributed by atoms with van der Waals surface area (Å²) in [6.45, 7) is 1.65. The zero-order chi connectivity index (χ0) is 29.1. The largest absolute Gasteiger partial charge is 0.449 e. The molecule has 2 aromatic heterocycles. The van der Waals surface area contributed by atoms with Crippen LogP contribution in [0.15, 0.2) is 40.9 Å². The van der Waals surface area contributed by atoms with E-state index in [0.29, 0.717) is 41.7 Å². The number of rotatable bonds is 7. The Morgan fingerprint density at radius 3 is 2.37 bits per heavy atom. The van der Waals surface area contributed by atoms with E-state index >= 15 is 0 Å². The number of pyridine rings is 1. The summed E-state index contributed by atoms with van der Waals surface area (Å²) in [5.74, 6) is -0.825. The number of carbonyl (C=O) groups excluding carboxylic acids is 4. The second kappa shape index (κ2) is 12.3. The van der Waals surface area contributed by atoms with Crippen LogP contribution in [-0.2, 0) is 20.8 Å². The van der Waals surface area contributed by atoms with Crippen LogP contribution in [0.1, 0.15) is 54.6 Å². The van der Waals surface area contributed by atoms with Gasteiger partial charge in [0, 0.05) is 50.6 Å². The summed E-state index contributed by atoms with van der Waals surface area (Å²) in [5.41, 5.74) is 1.36. The van der Waals surface area contributed by atoms with E-state index in [9.17, 15) is 19.2 Å². The fourth-order valence-electron chi connectivity index (χ4n) is 5.52. The number of benzene rings is 1. The van der Waals surface area contributed by atoms with Crippen LogP contribution in [0.4, 0.5) is 11.5 Å². The van der Waals surface area contributed by atoms with Crippen molar-refractivity contribution >= 4 is 57.7 Å². The molecule has 1 aromatic carbocycles. The van der Waals surface area contributed by atoms with E-state index in [0.717, 1.165) is 31.5 Å². The van der Waals surface area contributed by atoms with Crippen molar-refractivity contribution in [2.24, 2.45) is 11.8 Å². The van der Waals surface area contributed by atoms with Crippen molar-refractivity contribution in [2.75, 3.05) is 37.8 Å². The average Bonchev–Trinajstić information content (AvgIpc) is 3.63. The molecule has 1 saturated carbocycles. The van der Waals surface area contributed by atoms with Gasteiger partial charge in [-0.3, -0.25) is 19.2 Å². The van der Waals surface area contributed by atoms with Crippen molar-refractivity contribution in [3.63, 3.8) is 0 Å². The van der Waals surface area contributed by atoms with Gasteiger partial charge in [0.15, 0.2) is 0 Å². The Kier molecular flexibility index (Phi) is 8.58. The Hall–Kier alpha value is -3.92. The molecule has 3 heterocycles. The zero-order valence-corrected chi connectivity index (χ0v) is 24.0. The van der Waals surface area contributed by atoms with Crippen molar-refractivity contribution in [1.29, 1.82) is 0 Å². The molecule has 2 fully saturated rings. The van der Waals surface area contributed by atoms with E-state index in [1.54, 1.807) is 44.4 Å². The van der Waals surface area contributed by atoms with Gasteiger partial charge >= 0.3 is 0 Å². The minimum atomic E-state index is -0.586. The SMILES string of the molecule is CN(C)C(=O)Cc1ccc2oc(C(=O)Nc3ccc(Cl)cn3)c(NC(=O)[C@H]3CC[C@H](C(=O)N4CCCC4)CC3)c2c1. The minimum absolute atomic E-state index is 0.0445. The second-order valence-electron chi connectivity index (χ2n) is 11.0. The number of amides is 4. The van der Waals surface area contributed by atoms with Gasteiger partial charge in [-0.05, 0) is 68.4 Å². The molecule has 11 heteroatoms. The number of hydrogen-bond donors (Lipinski definition) is 2. The van der Waals surface area contributed by atoms with Gasteiger partial charge in [-0.2, -0.15) is 0 Å². The predicted octanol–water partition coefficient (Wildman–Crippen LogP) is 4.73. The normalized spacial score (nSPS) is 18.8. The van der Waals surface area contributed by atoms with E-state index < -0.39 is 5.91 Å². The van der Waals surface area contributed by atoms with E-state index in [-0.39, 0.29) is 53.2 Å². The fourth-order valence-corrected chi connectivity index (χ4v) is 5.63. The maximum atomic E-state index is 13.5. The molecule has 5 rings (SSSR count). The monoisotopic (exact) mass is 579 g/mol. The zero-order valence-electron chi connectivity index (χ0n) is 23.2. The van der Waals surface area contributed by atoms with Crippen LogP contribution >= 0.6 is 11.6 Å². The number of furan rings is 1. The molecule has 4 amide bonds. The lowest BCUT2D eigenvalue weighted by molar-refractivity contribution is -0.136. The number of hydrogen-bond acceptors (Lipinski definition) is 6. The Bertz CT molecular complexity index is 1450. The van der Waals surface area contributed by atoms with Gasteiger partial charge in [0.05, 0.1) is 11.4 Å². The number of anilines is 2. The lowest BCUT2D eigenvalue weighted by atomic mass is 9.81. The maximum Gasteiger partial charge on any atom is 0.294 e. The summed E-state index contributed by atoms with van der Waals surface area (Å²) < 4.78 is 5.93. The molecule has 1 aliphatic heterocycles. The first-order valence-corrected chi connectivity index (χ1v) is 14.4. The quantitative estimate of drug-likeness (QED) is 0.417. The number of halogens is 1. The van der Waals surface area contributed by atoms with E-state index in [4.69, 9.17) is 16.0 Å². The highest BCUT2D eigenvalue weighted by Crippen LogP contribution is 2.36. The molecule has 0 spiro atoms. The van der Waals surface area contributed by atoms with Gasteiger partial charge < -0.3 is 24.9 Å². The molecule has 0 unspecified atom stereocenters. The minimum Gasteiger partial charge on any atom is -0.449 e. The number of nitrogens with one attached hydrogen (secondary N) is 2. The summed E-state index contributed by atoms with van der Waals surface area (Å²) >= 11 is 5.92. The summed E-state index contributed by atoms with van der Waals surface area (Å²) in [5, 5.41) is 6.60. The molecule has 0 atom stereocenters. The van der Waals surface area contributed by atoms with Gasteiger partial charge in [-0.25, -0.2) is 4.98 Å². The van der Waals surface area contributed by atoms with E-state index in [1.807, 2.05) is 4.90 Å². The Morgan fingerprint density at radius 1 is 1.00 bits per heavy atom. The number of carbonyl (C=O) groups is 4. The third-order valence-electron chi connectivity index (χ3n) is 7.89. The molecule has 2 N–H and O–H groups in total. The van der Waals surface area contributed by atoms with Crippen molar-refractivity contribution < 1.29 is 23.6 Å². The van der Waals surface area contributed by atoms with E-state index in [1.165, 1.54) is 11.1 Å². The molecule has 10 nitrogen and oxygen atoms in total. The number of aromatic nitrogens is 1. The lowest BCUT2D eigenvalue weighted by Crippen LogP contribution is -2.37. The molecule has 0 radical (unpaired) electrons. The molecule has 3 aromatic rings. The summed E-state index contributed by atoms with van der Waals surface area (Å²) in [4.78, 5) is 59.6. The van der Waals surface area contributed by atoms with Gasteiger partial charge in [0.25, 0.3) is 5.91 Å². The van der Waals surface area contributed by atoms with Crippen LogP contribution in [0.2, 0.25) is 5.02 Å². The molecule has 1 aliphatic carbocycles. The molecule has 2 aliphatic rings. The van der Waals surface area contributed by atoms with Crippen LogP contribution in [0.3, 0.4) is 0 Å². The first-order valence-electron chi connectivity index (χ1n) is 14.0. The van der Waals surface area contributed by atoms with Crippen molar-refractivity contribution in [3.05, 3.63) is 52.9 Å². The fraction of sp³-hybridized carbons (Fsp3) is 0.433. The first-order chi connectivity index (χ1) is 19.7. The topological polar surface area (TPSA) is 125 Å². The van der Waals surface area contributed by atoms with Crippen LogP contribution in [0, 0.1) is 11.8 Å². The number of fused-ring (bicyclic) bond motifs is 1. The third-order valence-corrected chi connectivity index (χ3v) is 8.12. The number of nitrogens with zero attached hydrogens (tertiary/aromatic N) is 3. The highest BCUT2D eigenvalue weighted by molar-refractivity contribution is 6.30. The molecule has 41 heavy (non-hydrogen) atoms. The Balaban J connectivity index is 1.37. The molecular weight excluding hydrogens is 546 g/mol. The van der Waals surface area contributed by atoms with E-state index in [2.05, 4.69) is 15.6 Å². The van der Waals surface area contributed by atoms with Gasteiger partial charge in [-0.1, -0.05) is 17.7 Å². The third kappa shape index (κ3) is 6.53. The first kappa shape index (κ1) is 28.6. The Morgan fingerprint density at radius 2 is 1.71 bits per heavy atom. The van der Waals surface area contributed by atoms with Crippen molar-refractivity contribution in [1.82, 2.24) is 14.8 Å². The smallest absolute Gasteiger partial charge is 0.294 e. The van der Waals surface area contributed by atoms with Gasteiger partial charge in [-0.15, -0.1) is 0 Å². The summed E-state index contributed by atoms with van der Waals surface area (Å²) in [7, 11) is 3.37. The number of likely N-dealkylation sites (N-methyl/N-ethyl adjacent to an activating group) is 1. The Labute approximate surface area is 243 Å². The molecule has 0 bridgehead atoms. The average molecular weight is 580 g/mol. The van der Waals surface area contributed by atoms with Gasteiger partial charge in [0.1, 0.15) is 17.1 Å². The van der Waals surface area contributed by atoms with Crippen LogP contribution in [-0.4, -0.2) is 65.6 Å². The summed E-state index contributed by atoms with van der Waals surface area (Å²) in [6, 6.07) is 8.38. The molecule has 216 valence electrons. The van der Waals surface area contributed by atoms with Crippen molar-refractivity contribution in [2.45, 2.75) is 44.9 Å². The van der Waals surface area contributed by atoms with Crippen molar-refractivity contribution in [3.8, 4) is 0 Å². The lowest BCUT2D eigenvalue weighted by Gasteiger charge is -2.29. The highest BCUT2D eigenvalue weighted by Gasteiger charge is 2.34. The number of likely N-dealkylation sites (tertiary alicyclic amines) is 1. The standard InChI is InChI=1S/C30H34ClN5O5/c1-35(2)25(37)16-18-5-11-23-22(15-18)26(27(41-23)29(39)33-24-12-10-21(31)17-32-24)34-28(38)19-6-8-20(9-7-19)30(40)36-13-3-4-14-36/h5,10-12,15,17,19-20H,3-4,6-9,13-14,16H2,1-2H3,(H,34,38)(H,32,33,39)/t19-,20-. The maximum absolute atomic E-state index is 13.5. The predicted molar refractivity (Wildman–Crippen MR) is 156 cm³/mol. The second-order valence-corrected chi connectivity index (χ2v) is 11.4. The molecule has 1 saturated heterocycles. The van der Waals surface area contributed by atoms with Crippen LogP contribution < -0.4 is 10.6 Å². The molecular formula is C30H34ClN5O5. The van der Waals surface area contributed by atoms with Crippen LogP contribution in [0.5, 0.6) is 0 Å². The highest BCUT2D eigenvalue weighted by atomic mass is 35.5. The van der Waals surface area contributed by atoms with Gasteiger partial charge in [0.2, 0.25) is 23.5 Å². The summed E-state index contributed by atoms with van der Waals surface area (Å²) in [6.07, 6.45) is 6.17.